The second-order valence-electron chi connectivity index (χ2n) is 5.53. The summed E-state index contributed by atoms with van der Waals surface area (Å²) in [5.74, 6) is 2.60. The number of halogens is 1. The molecule has 2 N–H and O–H groups in total. The van der Waals surface area contributed by atoms with Crippen molar-refractivity contribution in [1.29, 1.82) is 0 Å². The van der Waals surface area contributed by atoms with Crippen LogP contribution in [0.15, 0.2) is 17.1 Å². The third kappa shape index (κ3) is 5.06. The Bertz CT molecular complexity index is 546. The van der Waals surface area contributed by atoms with E-state index in [4.69, 9.17) is 19.9 Å². The van der Waals surface area contributed by atoms with E-state index in [1.165, 1.54) is 19.3 Å². The van der Waals surface area contributed by atoms with E-state index in [9.17, 15) is 0 Å². The fraction of sp³-hybridized carbons (Fsp3) is 0.588. The molecule has 0 radical (unpaired) electrons. The zero-order chi connectivity index (χ0) is 16.7. The Morgan fingerprint density at radius 2 is 1.71 bits per heavy atom. The molecule has 136 valence electrons. The van der Waals surface area contributed by atoms with E-state index in [0.717, 1.165) is 25.1 Å². The van der Waals surface area contributed by atoms with Gasteiger partial charge in [-0.15, -0.1) is 24.0 Å². The van der Waals surface area contributed by atoms with Gasteiger partial charge in [-0.2, -0.15) is 0 Å². The zero-order valence-electron chi connectivity index (χ0n) is 14.7. The maximum Gasteiger partial charge on any atom is 0.203 e. The summed E-state index contributed by atoms with van der Waals surface area (Å²) in [7, 11) is 4.85. The predicted molar refractivity (Wildman–Crippen MR) is 107 cm³/mol. The Labute approximate surface area is 161 Å². The quantitative estimate of drug-likeness (QED) is 0.411. The van der Waals surface area contributed by atoms with E-state index in [-0.39, 0.29) is 24.0 Å². The maximum absolute atomic E-state index is 6.08. The van der Waals surface area contributed by atoms with Gasteiger partial charge in [0.15, 0.2) is 17.5 Å². The first-order valence-corrected chi connectivity index (χ1v) is 8.04. The predicted octanol–water partition coefficient (Wildman–Crippen LogP) is 2.67. The fourth-order valence-corrected chi connectivity index (χ4v) is 2.87. The molecule has 6 nitrogen and oxygen atoms in total. The molecule has 1 fully saturated rings. The fourth-order valence-electron chi connectivity index (χ4n) is 2.87. The summed E-state index contributed by atoms with van der Waals surface area (Å²) in [5.41, 5.74) is 7.11. The highest BCUT2D eigenvalue weighted by Crippen LogP contribution is 2.39. The number of rotatable bonds is 6. The van der Waals surface area contributed by atoms with E-state index in [1.54, 1.807) is 21.3 Å². The molecule has 0 saturated carbocycles. The van der Waals surface area contributed by atoms with Gasteiger partial charge in [0.25, 0.3) is 0 Å². The molecule has 1 aliphatic rings. The van der Waals surface area contributed by atoms with Gasteiger partial charge in [0.05, 0.1) is 21.3 Å². The first-order chi connectivity index (χ1) is 11.2. The standard InChI is InChI=1S/C17H27N3O3.HI/c1-21-14-8-7-13(15(22-2)16(14)23-3)9-10-19-17(18)20-11-5-4-6-12-20;/h7-8H,4-6,9-12H2,1-3H3,(H2,18,19);1H. The number of piperidine rings is 1. The third-order valence-electron chi connectivity index (χ3n) is 4.12. The van der Waals surface area contributed by atoms with Crippen LogP contribution in [0.1, 0.15) is 24.8 Å². The lowest BCUT2D eigenvalue weighted by Crippen LogP contribution is -2.41. The minimum atomic E-state index is 0. The van der Waals surface area contributed by atoms with Crippen LogP contribution in [0.5, 0.6) is 17.2 Å². The molecular weight excluding hydrogens is 421 g/mol. The van der Waals surface area contributed by atoms with Crippen molar-refractivity contribution in [3.63, 3.8) is 0 Å². The maximum atomic E-state index is 6.08. The number of nitrogens with two attached hydrogens (primary N) is 1. The van der Waals surface area contributed by atoms with Crippen molar-refractivity contribution in [3.8, 4) is 17.2 Å². The van der Waals surface area contributed by atoms with Crippen LogP contribution in [0.25, 0.3) is 0 Å². The average molecular weight is 449 g/mol. The Balaban J connectivity index is 0.00000288. The van der Waals surface area contributed by atoms with Crippen LogP contribution < -0.4 is 19.9 Å². The molecule has 24 heavy (non-hydrogen) atoms. The highest BCUT2D eigenvalue weighted by atomic mass is 127. The van der Waals surface area contributed by atoms with E-state index in [2.05, 4.69) is 9.89 Å². The summed E-state index contributed by atoms with van der Waals surface area (Å²) in [6.07, 6.45) is 4.41. The van der Waals surface area contributed by atoms with Gasteiger partial charge < -0.3 is 24.8 Å². The number of likely N-dealkylation sites (tertiary alicyclic amines) is 1. The molecule has 0 unspecified atom stereocenters. The van der Waals surface area contributed by atoms with Gasteiger partial charge in [0, 0.05) is 25.2 Å². The largest absolute Gasteiger partial charge is 0.493 e. The minimum Gasteiger partial charge on any atom is -0.493 e. The zero-order valence-corrected chi connectivity index (χ0v) is 17.0. The van der Waals surface area contributed by atoms with Crippen molar-refractivity contribution in [1.82, 2.24) is 4.90 Å². The number of hydrogen-bond acceptors (Lipinski definition) is 4. The smallest absolute Gasteiger partial charge is 0.203 e. The van der Waals surface area contributed by atoms with Crippen molar-refractivity contribution in [2.75, 3.05) is 41.0 Å². The molecule has 0 aliphatic carbocycles. The Hall–Kier alpha value is -1.38. The van der Waals surface area contributed by atoms with Crippen LogP contribution >= 0.6 is 24.0 Å². The van der Waals surface area contributed by atoms with E-state index in [1.807, 2.05) is 12.1 Å². The minimum absolute atomic E-state index is 0. The third-order valence-corrected chi connectivity index (χ3v) is 4.12. The molecule has 0 atom stereocenters. The molecule has 2 rings (SSSR count). The highest BCUT2D eigenvalue weighted by Gasteiger charge is 2.16. The van der Waals surface area contributed by atoms with Crippen molar-refractivity contribution in [2.24, 2.45) is 10.7 Å². The first-order valence-electron chi connectivity index (χ1n) is 8.04. The summed E-state index contributed by atoms with van der Waals surface area (Å²) >= 11 is 0. The van der Waals surface area contributed by atoms with Crippen LogP contribution in [-0.2, 0) is 6.42 Å². The first kappa shape index (κ1) is 20.7. The molecule has 0 bridgehead atoms. The molecular formula is C17H28IN3O3. The normalized spacial score (nSPS) is 14.8. The lowest BCUT2D eigenvalue weighted by Gasteiger charge is -2.27. The summed E-state index contributed by atoms with van der Waals surface area (Å²) in [5, 5.41) is 0. The van der Waals surface area contributed by atoms with Crippen LogP contribution in [-0.4, -0.2) is 51.8 Å². The molecule has 1 aromatic rings. The summed E-state index contributed by atoms with van der Waals surface area (Å²) in [6, 6.07) is 3.86. The van der Waals surface area contributed by atoms with Crippen molar-refractivity contribution in [3.05, 3.63) is 17.7 Å². The molecule has 1 heterocycles. The summed E-state index contributed by atoms with van der Waals surface area (Å²) in [4.78, 5) is 6.67. The van der Waals surface area contributed by atoms with Gasteiger partial charge in [-0.3, -0.25) is 4.99 Å². The summed E-state index contributed by atoms with van der Waals surface area (Å²) < 4.78 is 16.2. The lowest BCUT2D eigenvalue weighted by molar-refractivity contribution is 0.322. The molecule has 1 aliphatic heterocycles. The van der Waals surface area contributed by atoms with Crippen molar-refractivity contribution >= 4 is 29.9 Å². The van der Waals surface area contributed by atoms with Gasteiger partial charge >= 0.3 is 0 Å². The second kappa shape index (κ2) is 10.5. The van der Waals surface area contributed by atoms with Crippen LogP contribution in [0.3, 0.4) is 0 Å². The van der Waals surface area contributed by atoms with Crippen LogP contribution in [0.2, 0.25) is 0 Å². The molecule has 7 heteroatoms. The number of hydrogen-bond donors (Lipinski definition) is 1. The van der Waals surface area contributed by atoms with E-state index >= 15 is 0 Å². The van der Waals surface area contributed by atoms with Gasteiger partial charge in [0.2, 0.25) is 5.75 Å². The molecule has 0 spiro atoms. The van der Waals surface area contributed by atoms with Crippen molar-refractivity contribution in [2.45, 2.75) is 25.7 Å². The lowest BCUT2D eigenvalue weighted by atomic mass is 10.1. The van der Waals surface area contributed by atoms with Gasteiger partial charge in [-0.25, -0.2) is 0 Å². The Kier molecular flexibility index (Phi) is 9.02. The number of ether oxygens (including phenoxy) is 3. The number of aliphatic imine (C=N–C) groups is 1. The number of guanidine groups is 1. The van der Waals surface area contributed by atoms with Crippen molar-refractivity contribution < 1.29 is 14.2 Å². The van der Waals surface area contributed by atoms with Gasteiger partial charge in [0.1, 0.15) is 0 Å². The Morgan fingerprint density at radius 1 is 1.04 bits per heavy atom. The van der Waals surface area contributed by atoms with Gasteiger partial charge in [-0.1, -0.05) is 6.07 Å². The Morgan fingerprint density at radius 3 is 2.29 bits per heavy atom. The number of methoxy groups -OCH3 is 3. The molecule has 0 amide bonds. The molecule has 0 aromatic heterocycles. The molecule has 1 saturated heterocycles. The van der Waals surface area contributed by atoms with Gasteiger partial charge in [-0.05, 0) is 31.7 Å². The van der Waals surface area contributed by atoms with E-state index < -0.39 is 0 Å². The average Bonchev–Trinajstić information content (AvgIpc) is 2.61. The summed E-state index contributed by atoms with van der Waals surface area (Å²) in [6.45, 7) is 2.64. The second-order valence-corrected chi connectivity index (χ2v) is 5.53. The highest BCUT2D eigenvalue weighted by molar-refractivity contribution is 14.0. The van der Waals surface area contributed by atoms with Crippen LogP contribution in [0.4, 0.5) is 0 Å². The monoisotopic (exact) mass is 449 g/mol. The van der Waals surface area contributed by atoms with E-state index in [0.29, 0.717) is 29.8 Å². The topological polar surface area (TPSA) is 69.3 Å². The SMILES string of the molecule is COc1ccc(CCN=C(N)N2CCCCC2)c(OC)c1OC.I. The van der Waals surface area contributed by atoms with Crippen LogP contribution in [0, 0.1) is 0 Å². The number of nitrogens with zero attached hydrogens (tertiary/aromatic N) is 2. The number of benzene rings is 1. The molecule has 1 aromatic carbocycles.